The molecule has 0 radical (unpaired) electrons. The van der Waals surface area contributed by atoms with Crippen molar-refractivity contribution >= 4 is 17.2 Å². The summed E-state index contributed by atoms with van der Waals surface area (Å²) < 4.78 is 1.80. The number of carbonyl (C=O) groups excluding carboxylic acids is 1. The van der Waals surface area contributed by atoms with Gasteiger partial charge in [-0.25, -0.2) is 4.68 Å². The Morgan fingerprint density at radius 3 is 2.61 bits per heavy atom. The quantitative estimate of drug-likeness (QED) is 0.725. The van der Waals surface area contributed by atoms with E-state index in [9.17, 15) is 4.79 Å². The van der Waals surface area contributed by atoms with Gasteiger partial charge in [-0.05, 0) is 43.5 Å². The Kier molecular flexibility index (Phi) is 4.30. The number of hydrogen-bond donors (Lipinski definition) is 0. The van der Waals surface area contributed by atoms with E-state index in [1.165, 1.54) is 4.88 Å². The molecule has 23 heavy (non-hydrogen) atoms. The average Bonchev–Trinajstić information content (AvgIpc) is 3.23. The summed E-state index contributed by atoms with van der Waals surface area (Å²) in [5.41, 5.74) is 2.37. The van der Waals surface area contributed by atoms with E-state index in [0.29, 0.717) is 5.69 Å². The topological polar surface area (TPSA) is 38.1 Å². The molecule has 2 aromatic heterocycles. The van der Waals surface area contributed by atoms with Gasteiger partial charge in [-0.3, -0.25) is 4.79 Å². The van der Waals surface area contributed by atoms with Gasteiger partial charge >= 0.3 is 0 Å². The largest absolute Gasteiger partial charge is 0.333 e. The lowest BCUT2D eigenvalue weighted by molar-refractivity contribution is 0.0738. The molecule has 0 saturated carbocycles. The van der Waals surface area contributed by atoms with E-state index in [2.05, 4.69) is 5.10 Å². The summed E-state index contributed by atoms with van der Waals surface area (Å²) in [6, 6.07) is 15.8. The van der Waals surface area contributed by atoms with Crippen molar-refractivity contribution in [2.45, 2.75) is 19.9 Å². The molecule has 3 rings (SSSR count). The molecule has 5 heteroatoms. The number of benzene rings is 1. The highest BCUT2D eigenvalue weighted by atomic mass is 32.1. The standard InChI is InChI=1S/C18H19N3OS/c1-13-12-16(19-21(13)15-8-5-4-6-9-15)18(22)20(3)14(2)17-10-7-11-23-17/h4-12,14H,1-3H3. The van der Waals surface area contributed by atoms with Crippen LogP contribution in [0, 0.1) is 6.92 Å². The summed E-state index contributed by atoms with van der Waals surface area (Å²) in [4.78, 5) is 15.6. The minimum atomic E-state index is -0.0660. The van der Waals surface area contributed by atoms with Crippen molar-refractivity contribution in [1.82, 2.24) is 14.7 Å². The Labute approximate surface area is 140 Å². The van der Waals surface area contributed by atoms with Gasteiger partial charge in [0.05, 0.1) is 11.7 Å². The number of aryl methyl sites for hydroxylation is 1. The molecule has 0 fully saturated rings. The Bertz CT molecular complexity index is 793. The van der Waals surface area contributed by atoms with Gasteiger partial charge in [-0.15, -0.1) is 11.3 Å². The van der Waals surface area contributed by atoms with Crippen LogP contribution in [0.15, 0.2) is 53.9 Å². The molecule has 0 aliphatic rings. The zero-order valence-electron chi connectivity index (χ0n) is 13.4. The molecule has 1 amide bonds. The summed E-state index contributed by atoms with van der Waals surface area (Å²) in [5, 5.41) is 6.52. The average molecular weight is 325 g/mol. The second-order valence-corrected chi connectivity index (χ2v) is 6.51. The highest BCUT2D eigenvalue weighted by molar-refractivity contribution is 7.10. The third-order valence-corrected chi connectivity index (χ3v) is 5.01. The van der Waals surface area contributed by atoms with Crippen LogP contribution >= 0.6 is 11.3 Å². The molecule has 1 unspecified atom stereocenters. The first-order valence-electron chi connectivity index (χ1n) is 7.50. The Hall–Kier alpha value is -2.40. The lowest BCUT2D eigenvalue weighted by atomic mass is 10.2. The van der Waals surface area contributed by atoms with Crippen molar-refractivity contribution in [2.75, 3.05) is 7.05 Å². The monoisotopic (exact) mass is 325 g/mol. The molecular formula is C18H19N3OS. The maximum Gasteiger partial charge on any atom is 0.274 e. The normalized spacial score (nSPS) is 12.1. The van der Waals surface area contributed by atoms with Gasteiger partial charge < -0.3 is 4.90 Å². The SMILES string of the molecule is Cc1cc(C(=O)N(C)C(C)c2cccs2)nn1-c1ccccc1. The lowest BCUT2D eigenvalue weighted by Crippen LogP contribution is -2.29. The van der Waals surface area contributed by atoms with Crippen LogP contribution in [0.5, 0.6) is 0 Å². The number of aromatic nitrogens is 2. The van der Waals surface area contributed by atoms with Crippen LogP contribution < -0.4 is 0 Å². The van der Waals surface area contributed by atoms with Crippen LogP contribution in [0.3, 0.4) is 0 Å². The van der Waals surface area contributed by atoms with Crippen molar-refractivity contribution in [2.24, 2.45) is 0 Å². The first-order chi connectivity index (χ1) is 11.1. The van der Waals surface area contributed by atoms with E-state index in [-0.39, 0.29) is 11.9 Å². The zero-order chi connectivity index (χ0) is 16.4. The number of rotatable bonds is 4. The highest BCUT2D eigenvalue weighted by Gasteiger charge is 2.22. The van der Waals surface area contributed by atoms with Gasteiger partial charge in [0.25, 0.3) is 5.91 Å². The summed E-state index contributed by atoms with van der Waals surface area (Å²) >= 11 is 1.66. The van der Waals surface area contributed by atoms with Crippen molar-refractivity contribution < 1.29 is 4.79 Å². The maximum atomic E-state index is 12.7. The molecule has 0 aliphatic carbocycles. The van der Waals surface area contributed by atoms with Crippen LogP contribution in [0.25, 0.3) is 5.69 Å². The molecule has 0 saturated heterocycles. The van der Waals surface area contributed by atoms with E-state index in [1.54, 1.807) is 20.9 Å². The molecule has 3 aromatic rings. The molecule has 4 nitrogen and oxygen atoms in total. The van der Waals surface area contributed by atoms with Crippen LogP contribution in [-0.4, -0.2) is 27.6 Å². The number of carbonyl (C=O) groups is 1. The lowest BCUT2D eigenvalue weighted by Gasteiger charge is -2.23. The fourth-order valence-electron chi connectivity index (χ4n) is 2.49. The fourth-order valence-corrected chi connectivity index (χ4v) is 3.31. The molecule has 0 N–H and O–H groups in total. The minimum absolute atomic E-state index is 0.0321. The van der Waals surface area contributed by atoms with Crippen molar-refractivity contribution in [1.29, 1.82) is 0 Å². The van der Waals surface area contributed by atoms with Crippen molar-refractivity contribution in [3.63, 3.8) is 0 Å². The maximum absolute atomic E-state index is 12.7. The van der Waals surface area contributed by atoms with Crippen LogP contribution in [0.4, 0.5) is 0 Å². The fraction of sp³-hybridized carbons (Fsp3) is 0.222. The van der Waals surface area contributed by atoms with Gasteiger partial charge in [0, 0.05) is 17.6 Å². The number of para-hydroxylation sites is 1. The molecule has 0 spiro atoms. The summed E-state index contributed by atoms with van der Waals surface area (Å²) in [6.45, 7) is 3.99. The van der Waals surface area contributed by atoms with Gasteiger partial charge in [-0.2, -0.15) is 5.10 Å². The molecule has 118 valence electrons. The highest BCUT2D eigenvalue weighted by Crippen LogP contribution is 2.25. The molecule has 1 atom stereocenters. The van der Waals surface area contributed by atoms with E-state index >= 15 is 0 Å². The zero-order valence-corrected chi connectivity index (χ0v) is 14.2. The molecule has 0 bridgehead atoms. The summed E-state index contributed by atoms with van der Waals surface area (Å²) in [7, 11) is 1.82. The second kappa shape index (κ2) is 6.38. The van der Waals surface area contributed by atoms with Crippen LogP contribution in [0.1, 0.15) is 34.0 Å². The Morgan fingerprint density at radius 2 is 1.96 bits per heavy atom. The molecule has 0 aliphatic heterocycles. The Balaban J connectivity index is 1.86. The van der Waals surface area contributed by atoms with Gasteiger partial charge in [0.2, 0.25) is 0 Å². The smallest absolute Gasteiger partial charge is 0.274 e. The number of hydrogen-bond acceptors (Lipinski definition) is 3. The molecule has 1 aromatic carbocycles. The number of nitrogens with zero attached hydrogens (tertiary/aromatic N) is 3. The predicted octanol–water partition coefficient (Wildman–Crippen LogP) is 4.08. The number of thiophene rings is 1. The van der Waals surface area contributed by atoms with Crippen LogP contribution in [0.2, 0.25) is 0 Å². The van der Waals surface area contributed by atoms with E-state index < -0.39 is 0 Å². The molecule has 2 heterocycles. The first kappa shape index (κ1) is 15.5. The first-order valence-corrected chi connectivity index (χ1v) is 8.38. The van der Waals surface area contributed by atoms with E-state index in [0.717, 1.165) is 11.4 Å². The van der Waals surface area contributed by atoms with Gasteiger partial charge in [-0.1, -0.05) is 24.3 Å². The van der Waals surface area contributed by atoms with Gasteiger partial charge in [0.1, 0.15) is 0 Å². The van der Waals surface area contributed by atoms with Crippen molar-refractivity contribution in [3.8, 4) is 5.69 Å². The summed E-state index contributed by atoms with van der Waals surface area (Å²) in [5.74, 6) is -0.0660. The van der Waals surface area contributed by atoms with Crippen LogP contribution in [-0.2, 0) is 0 Å². The second-order valence-electron chi connectivity index (χ2n) is 5.53. The summed E-state index contributed by atoms with van der Waals surface area (Å²) in [6.07, 6.45) is 0. The third-order valence-electron chi connectivity index (χ3n) is 3.96. The molecular weight excluding hydrogens is 306 g/mol. The van der Waals surface area contributed by atoms with E-state index in [4.69, 9.17) is 0 Å². The predicted molar refractivity (Wildman–Crippen MR) is 93.1 cm³/mol. The minimum Gasteiger partial charge on any atom is -0.333 e. The van der Waals surface area contributed by atoms with E-state index in [1.807, 2.05) is 74.8 Å². The third kappa shape index (κ3) is 3.05. The van der Waals surface area contributed by atoms with Crippen molar-refractivity contribution in [3.05, 3.63) is 70.2 Å². The van der Waals surface area contributed by atoms with Gasteiger partial charge in [0.15, 0.2) is 5.69 Å². The Morgan fingerprint density at radius 1 is 1.22 bits per heavy atom. The number of amides is 1.